The minimum absolute atomic E-state index is 0.0283. The first-order valence-electron chi connectivity index (χ1n) is 8.88. The van der Waals surface area contributed by atoms with Crippen LogP contribution in [0, 0.1) is 24.0 Å². The minimum Gasteiger partial charge on any atom is -0.497 e. The van der Waals surface area contributed by atoms with E-state index in [9.17, 15) is 19.7 Å². The summed E-state index contributed by atoms with van der Waals surface area (Å²) in [7, 11) is 3.15. The molecule has 0 aromatic heterocycles. The Morgan fingerprint density at radius 3 is 2.38 bits per heavy atom. The van der Waals surface area contributed by atoms with Crippen molar-refractivity contribution in [3.8, 4) is 5.75 Å². The number of nitrogens with zero attached hydrogens (tertiary/aromatic N) is 2. The molecule has 0 fully saturated rings. The molecule has 2 amide bonds. The predicted octanol–water partition coefficient (Wildman–Crippen LogP) is 2.73. The van der Waals surface area contributed by atoms with Crippen LogP contribution in [0.25, 0.3) is 0 Å². The number of ether oxygens (including phenoxy) is 1. The summed E-state index contributed by atoms with van der Waals surface area (Å²) in [5.74, 6) is -0.129. The second kappa shape index (κ2) is 9.65. The van der Waals surface area contributed by atoms with E-state index in [1.165, 1.54) is 18.1 Å². The number of likely N-dealkylation sites (N-methyl/N-ethyl adjacent to an activating group) is 1. The molecule has 0 saturated heterocycles. The fourth-order valence-electron chi connectivity index (χ4n) is 2.74. The fourth-order valence-corrected chi connectivity index (χ4v) is 2.74. The maximum atomic E-state index is 12.4. The zero-order valence-electron chi connectivity index (χ0n) is 16.8. The van der Waals surface area contributed by atoms with E-state index >= 15 is 0 Å². The van der Waals surface area contributed by atoms with Gasteiger partial charge in [-0.05, 0) is 44.2 Å². The zero-order chi connectivity index (χ0) is 21.6. The number of methoxy groups -OCH3 is 1. The lowest BCUT2D eigenvalue weighted by atomic mass is 10.1. The van der Waals surface area contributed by atoms with Gasteiger partial charge in [0.15, 0.2) is 0 Å². The van der Waals surface area contributed by atoms with Crippen molar-refractivity contribution < 1.29 is 19.2 Å². The number of benzene rings is 2. The van der Waals surface area contributed by atoms with E-state index in [4.69, 9.17) is 4.74 Å². The number of anilines is 2. The van der Waals surface area contributed by atoms with Gasteiger partial charge in [-0.3, -0.25) is 24.6 Å². The molecule has 0 unspecified atom stereocenters. The van der Waals surface area contributed by atoms with Crippen LogP contribution in [0.2, 0.25) is 0 Å². The van der Waals surface area contributed by atoms with E-state index in [2.05, 4.69) is 10.6 Å². The van der Waals surface area contributed by atoms with Crippen molar-refractivity contribution in [3.05, 3.63) is 57.6 Å². The van der Waals surface area contributed by atoms with Gasteiger partial charge in [-0.1, -0.05) is 12.1 Å². The summed E-state index contributed by atoms with van der Waals surface area (Å²) in [4.78, 5) is 36.8. The van der Waals surface area contributed by atoms with Gasteiger partial charge in [-0.15, -0.1) is 0 Å². The van der Waals surface area contributed by atoms with E-state index in [1.54, 1.807) is 44.3 Å². The summed E-state index contributed by atoms with van der Waals surface area (Å²) in [6.07, 6.45) is 0. The van der Waals surface area contributed by atoms with Crippen molar-refractivity contribution in [1.29, 1.82) is 0 Å². The van der Waals surface area contributed by atoms with Gasteiger partial charge in [0.25, 0.3) is 5.69 Å². The zero-order valence-corrected chi connectivity index (χ0v) is 16.8. The monoisotopic (exact) mass is 400 g/mol. The first-order valence-corrected chi connectivity index (χ1v) is 8.88. The summed E-state index contributed by atoms with van der Waals surface area (Å²) >= 11 is 0. The third-order valence-corrected chi connectivity index (χ3v) is 4.36. The van der Waals surface area contributed by atoms with E-state index in [0.717, 1.165) is 5.56 Å². The number of amides is 2. The SMILES string of the molecule is COc1cccc(NC(=O)CN(C)CC(=O)Nc2c([N+](=O)[O-])ccc(C)c2C)c1. The van der Waals surface area contributed by atoms with E-state index < -0.39 is 10.8 Å². The largest absolute Gasteiger partial charge is 0.497 e. The molecule has 0 spiro atoms. The van der Waals surface area contributed by atoms with Crippen molar-refractivity contribution in [2.24, 2.45) is 0 Å². The van der Waals surface area contributed by atoms with Gasteiger partial charge >= 0.3 is 0 Å². The Morgan fingerprint density at radius 1 is 1.10 bits per heavy atom. The highest BCUT2D eigenvalue weighted by atomic mass is 16.6. The van der Waals surface area contributed by atoms with Crippen molar-refractivity contribution in [1.82, 2.24) is 4.90 Å². The fraction of sp³-hybridized carbons (Fsp3) is 0.300. The van der Waals surface area contributed by atoms with Crippen molar-refractivity contribution in [2.75, 3.05) is 37.9 Å². The number of nitrogens with one attached hydrogen (secondary N) is 2. The van der Waals surface area contributed by atoms with Gasteiger partial charge in [0, 0.05) is 17.8 Å². The van der Waals surface area contributed by atoms with Gasteiger partial charge in [0.05, 0.1) is 25.1 Å². The lowest BCUT2D eigenvalue weighted by Gasteiger charge is -2.17. The number of rotatable bonds is 8. The van der Waals surface area contributed by atoms with Crippen molar-refractivity contribution in [3.63, 3.8) is 0 Å². The molecule has 0 atom stereocenters. The number of hydrogen-bond acceptors (Lipinski definition) is 6. The Kier molecular flexibility index (Phi) is 7.27. The highest BCUT2D eigenvalue weighted by Gasteiger charge is 2.20. The molecule has 0 aliphatic carbocycles. The molecule has 9 nitrogen and oxygen atoms in total. The Balaban J connectivity index is 1.96. The predicted molar refractivity (Wildman–Crippen MR) is 110 cm³/mol. The molecule has 9 heteroatoms. The summed E-state index contributed by atoms with van der Waals surface area (Å²) in [6.45, 7) is 3.39. The molecule has 2 rings (SSSR count). The standard InChI is InChI=1S/C20H24N4O5/c1-13-8-9-17(24(27)28)20(14(13)2)22-19(26)12-23(3)11-18(25)21-15-6-5-7-16(10-15)29-4/h5-10H,11-12H2,1-4H3,(H,21,25)(H,22,26). The summed E-state index contributed by atoms with van der Waals surface area (Å²) in [6, 6.07) is 9.93. The van der Waals surface area contributed by atoms with Gasteiger partial charge in [0.1, 0.15) is 11.4 Å². The topological polar surface area (TPSA) is 114 Å². The maximum Gasteiger partial charge on any atom is 0.293 e. The summed E-state index contributed by atoms with van der Waals surface area (Å²) < 4.78 is 5.11. The van der Waals surface area contributed by atoms with Crippen LogP contribution in [0.15, 0.2) is 36.4 Å². The van der Waals surface area contributed by atoms with E-state index in [-0.39, 0.29) is 30.4 Å². The molecule has 2 aromatic carbocycles. The molecule has 0 saturated carbocycles. The van der Waals surface area contributed by atoms with E-state index in [0.29, 0.717) is 17.0 Å². The highest BCUT2D eigenvalue weighted by molar-refractivity contribution is 5.96. The lowest BCUT2D eigenvalue weighted by molar-refractivity contribution is -0.384. The molecular weight excluding hydrogens is 376 g/mol. The molecule has 0 aliphatic rings. The number of nitro groups is 1. The second-order valence-corrected chi connectivity index (χ2v) is 6.66. The van der Waals surface area contributed by atoms with Crippen LogP contribution in [-0.4, -0.2) is 48.9 Å². The van der Waals surface area contributed by atoms with Gasteiger partial charge < -0.3 is 15.4 Å². The third-order valence-electron chi connectivity index (χ3n) is 4.36. The quantitative estimate of drug-likeness (QED) is 0.520. The Labute approximate surface area is 168 Å². The van der Waals surface area contributed by atoms with Crippen LogP contribution >= 0.6 is 0 Å². The number of hydrogen-bond donors (Lipinski definition) is 2. The Morgan fingerprint density at radius 2 is 1.76 bits per heavy atom. The molecule has 2 aromatic rings. The Hall–Kier alpha value is -3.46. The van der Waals surface area contributed by atoms with Crippen LogP contribution < -0.4 is 15.4 Å². The van der Waals surface area contributed by atoms with Crippen LogP contribution in [0.4, 0.5) is 17.1 Å². The molecule has 2 N–H and O–H groups in total. The van der Waals surface area contributed by atoms with E-state index in [1.807, 2.05) is 6.92 Å². The molecule has 0 radical (unpaired) electrons. The number of carbonyl (C=O) groups is 2. The first-order chi connectivity index (χ1) is 13.7. The van der Waals surface area contributed by atoms with Crippen LogP contribution in [0.5, 0.6) is 5.75 Å². The number of nitro benzene ring substituents is 1. The van der Waals surface area contributed by atoms with Gasteiger partial charge in [-0.25, -0.2) is 0 Å². The highest BCUT2D eigenvalue weighted by Crippen LogP contribution is 2.30. The van der Waals surface area contributed by atoms with Crippen LogP contribution in [0.3, 0.4) is 0 Å². The molecule has 29 heavy (non-hydrogen) atoms. The second-order valence-electron chi connectivity index (χ2n) is 6.66. The Bertz CT molecular complexity index is 929. The maximum absolute atomic E-state index is 12.4. The molecule has 154 valence electrons. The molecule has 0 heterocycles. The smallest absolute Gasteiger partial charge is 0.293 e. The third kappa shape index (κ3) is 6.01. The number of aryl methyl sites for hydroxylation is 1. The molecule has 0 bridgehead atoms. The van der Waals surface area contributed by atoms with Crippen LogP contribution in [0.1, 0.15) is 11.1 Å². The summed E-state index contributed by atoms with van der Waals surface area (Å²) in [5, 5.41) is 16.6. The molecular formula is C20H24N4O5. The molecule has 0 aliphatic heterocycles. The van der Waals surface area contributed by atoms with Crippen LogP contribution in [-0.2, 0) is 9.59 Å². The van der Waals surface area contributed by atoms with Crippen molar-refractivity contribution >= 4 is 28.9 Å². The average molecular weight is 400 g/mol. The normalized spacial score (nSPS) is 10.5. The lowest BCUT2D eigenvalue weighted by Crippen LogP contribution is -2.36. The first kappa shape index (κ1) is 21.8. The summed E-state index contributed by atoms with van der Waals surface area (Å²) in [5.41, 5.74) is 2.05. The van der Waals surface area contributed by atoms with Crippen molar-refractivity contribution in [2.45, 2.75) is 13.8 Å². The average Bonchev–Trinajstić information content (AvgIpc) is 2.65. The van der Waals surface area contributed by atoms with Gasteiger partial charge in [0.2, 0.25) is 11.8 Å². The van der Waals surface area contributed by atoms with Gasteiger partial charge in [-0.2, -0.15) is 0 Å². The minimum atomic E-state index is -0.534. The number of carbonyl (C=O) groups excluding carboxylic acids is 2.